The zero-order valence-corrected chi connectivity index (χ0v) is 10.9. The molecule has 0 saturated heterocycles. The van der Waals surface area contributed by atoms with Gasteiger partial charge in [0.2, 0.25) is 0 Å². The minimum absolute atomic E-state index is 0.0139. The Labute approximate surface area is 111 Å². The van der Waals surface area contributed by atoms with Crippen LogP contribution in [0.15, 0.2) is 42.5 Å². The highest BCUT2D eigenvalue weighted by Gasteiger charge is 2.09. The van der Waals surface area contributed by atoms with Gasteiger partial charge in [0.25, 0.3) is 0 Å². The molecule has 0 spiro atoms. The van der Waals surface area contributed by atoms with Gasteiger partial charge in [-0.2, -0.15) is 0 Å². The van der Waals surface area contributed by atoms with Crippen LogP contribution in [0.4, 0.5) is 10.1 Å². The van der Waals surface area contributed by atoms with Crippen molar-refractivity contribution in [1.82, 2.24) is 0 Å². The van der Waals surface area contributed by atoms with E-state index in [4.69, 9.17) is 4.74 Å². The van der Waals surface area contributed by atoms with Crippen molar-refractivity contribution in [1.29, 1.82) is 0 Å². The molecule has 0 fully saturated rings. The van der Waals surface area contributed by atoms with Crippen LogP contribution in [0.1, 0.15) is 18.5 Å². The lowest BCUT2D eigenvalue weighted by Crippen LogP contribution is -2.06. The molecule has 19 heavy (non-hydrogen) atoms. The van der Waals surface area contributed by atoms with Gasteiger partial charge in [0, 0.05) is 11.7 Å². The van der Waals surface area contributed by atoms with Crippen molar-refractivity contribution in [2.75, 3.05) is 12.4 Å². The van der Waals surface area contributed by atoms with Crippen LogP contribution < -0.4 is 10.1 Å². The summed E-state index contributed by atoms with van der Waals surface area (Å²) in [7, 11) is 1.51. The summed E-state index contributed by atoms with van der Waals surface area (Å²) < 4.78 is 17.9. The normalized spacial score (nSPS) is 11.9. The van der Waals surface area contributed by atoms with E-state index in [2.05, 4.69) is 5.32 Å². The zero-order valence-electron chi connectivity index (χ0n) is 10.9. The van der Waals surface area contributed by atoms with Crippen molar-refractivity contribution < 1.29 is 14.2 Å². The van der Waals surface area contributed by atoms with E-state index in [0.29, 0.717) is 5.75 Å². The van der Waals surface area contributed by atoms with Gasteiger partial charge in [-0.05, 0) is 48.9 Å². The molecule has 0 bridgehead atoms. The number of hydrogen-bond donors (Lipinski definition) is 2. The van der Waals surface area contributed by atoms with Crippen molar-refractivity contribution >= 4 is 5.69 Å². The second kappa shape index (κ2) is 5.61. The van der Waals surface area contributed by atoms with E-state index in [1.54, 1.807) is 24.3 Å². The third kappa shape index (κ3) is 3.16. The van der Waals surface area contributed by atoms with Gasteiger partial charge >= 0.3 is 0 Å². The molecule has 0 aromatic heterocycles. The highest BCUT2D eigenvalue weighted by molar-refractivity contribution is 5.48. The van der Waals surface area contributed by atoms with Crippen molar-refractivity contribution in [2.24, 2.45) is 0 Å². The predicted molar refractivity (Wildman–Crippen MR) is 73.1 cm³/mol. The van der Waals surface area contributed by atoms with Crippen molar-refractivity contribution in [3.63, 3.8) is 0 Å². The van der Waals surface area contributed by atoms with Gasteiger partial charge in [-0.15, -0.1) is 0 Å². The van der Waals surface area contributed by atoms with Crippen LogP contribution in [0.25, 0.3) is 0 Å². The standard InChI is InChI=1S/C15H16FNO2/c1-10(17-13-6-4-12(16)5-7-13)11-3-8-14(18)15(9-11)19-2/h3-10,17-18H,1-2H3. The molecule has 0 heterocycles. The fourth-order valence-corrected chi connectivity index (χ4v) is 1.84. The molecule has 0 amide bonds. The number of hydrogen-bond acceptors (Lipinski definition) is 3. The molecule has 0 saturated carbocycles. The summed E-state index contributed by atoms with van der Waals surface area (Å²) in [4.78, 5) is 0. The Kier molecular flexibility index (Phi) is 3.90. The third-order valence-corrected chi connectivity index (χ3v) is 2.93. The van der Waals surface area contributed by atoms with E-state index in [1.165, 1.54) is 19.2 Å². The van der Waals surface area contributed by atoms with Crippen LogP contribution in [-0.2, 0) is 0 Å². The second-order valence-electron chi connectivity index (χ2n) is 4.30. The number of benzene rings is 2. The molecule has 1 atom stereocenters. The molecule has 2 rings (SSSR count). The molecule has 0 aliphatic heterocycles. The lowest BCUT2D eigenvalue weighted by Gasteiger charge is -2.17. The summed E-state index contributed by atoms with van der Waals surface area (Å²) in [5.74, 6) is 0.287. The first-order valence-electron chi connectivity index (χ1n) is 5.99. The fourth-order valence-electron chi connectivity index (χ4n) is 1.84. The Balaban J connectivity index is 2.15. The fraction of sp³-hybridized carbons (Fsp3) is 0.200. The summed E-state index contributed by atoms with van der Waals surface area (Å²) >= 11 is 0. The van der Waals surface area contributed by atoms with Crippen LogP contribution in [0.3, 0.4) is 0 Å². The average molecular weight is 261 g/mol. The molecule has 0 aliphatic rings. The van der Waals surface area contributed by atoms with Crippen LogP contribution in [0, 0.1) is 5.82 Å². The molecule has 0 radical (unpaired) electrons. The first kappa shape index (κ1) is 13.2. The SMILES string of the molecule is COc1cc(C(C)Nc2ccc(F)cc2)ccc1O. The highest BCUT2D eigenvalue weighted by Crippen LogP contribution is 2.30. The molecule has 2 N–H and O–H groups in total. The maximum absolute atomic E-state index is 12.8. The smallest absolute Gasteiger partial charge is 0.160 e. The summed E-state index contributed by atoms with van der Waals surface area (Å²) in [6.45, 7) is 1.98. The number of anilines is 1. The Hall–Kier alpha value is -2.23. The van der Waals surface area contributed by atoms with Gasteiger partial charge in [0.1, 0.15) is 5.82 Å². The molecule has 4 heteroatoms. The number of aromatic hydroxyl groups is 1. The van der Waals surface area contributed by atoms with Crippen LogP contribution in [0.2, 0.25) is 0 Å². The molecular weight excluding hydrogens is 245 g/mol. The Morgan fingerprint density at radius 3 is 2.47 bits per heavy atom. The quantitative estimate of drug-likeness (QED) is 0.881. The predicted octanol–water partition coefficient (Wildman–Crippen LogP) is 3.71. The number of nitrogens with one attached hydrogen (secondary N) is 1. The summed E-state index contributed by atoms with van der Waals surface area (Å²) in [5.41, 5.74) is 1.81. The van der Waals surface area contributed by atoms with E-state index in [0.717, 1.165) is 11.3 Å². The van der Waals surface area contributed by atoms with Crippen LogP contribution in [-0.4, -0.2) is 12.2 Å². The van der Waals surface area contributed by atoms with Gasteiger partial charge in [0.05, 0.1) is 7.11 Å². The molecule has 2 aromatic carbocycles. The largest absolute Gasteiger partial charge is 0.504 e. The Bertz CT molecular complexity index is 555. The van der Waals surface area contributed by atoms with E-state index >= 15 is 0 Å². The van der Waals surface area contributed by atoms with Gasteiger partial charge < -0.3 is 15.2 Å². The first-order chi connectivity index (χ1) is 9.10. The monoisotopic (exact) mass is 261 g/mol. The number of methoxy groups -OCH3 is 1. The third-order valence-electron chi connectivity index (χ3n) is 2.93. The molecule has 1 unspecified atom stereocenters. The number of ether oxygens (including phenoxy) is 1. The Morgan fingerprint density at radius 1 is 1.16 bits per heavy atom. The minimum Gasteiger partial charge on any atom is -0.504 e. The lowest BCUT2D eigenvalue weighted by molar-refractivity contribution is 0.373. The van der Waals surface area contributed by atoms with Crippen molar-refractivity contribution in [3.8, 4) is 11.5 Å². The van der Waals surface area contributed by atoms with E-state index in [1.807, 2.05) is 13.0 Å². The number of phenols is 1. The summed E-state index contributed by atoms with van der Waals surface area (Å²) in [5, 5.41) is 12.8. The molecule has 3 nitrogen and oxygen atoms in total. The second-order valence-corrected chi connectivity index (χ2v) is 4.30. The van der Waals surface area contributed by atoms with Crippen LogP contribution >= 0.6 is 0 Å². The van der Waals surface area contributed by atoms with Gasteiger partial charge in [-0.1, -0.05) is 6.07 Å². The maximum atomic E-state index is 12.8. The van der Waals surface area contributed by atoms with Crippen molar-refractivity contribution in [2.45, 2.75) is 13.0 Å². The van der Waals surface area contributed by atoms with E-state index < -0.39 is 0 Å². The summed E-state index contributed by atoms with van der Waals surface area (Å²) in [6.07, 6.45) is 0. The molecule has 100 valence electrons. The number of rotatable bonds is 4. The van der Waals surface area contributed by atoms with Gasteiger partial charge in [-0.3, -0.25) is 0 Å². The van der Waals surface area contributed by atoms with Gasteiger partial charge in [-0.25, -0.2) is 4.39 Å². The maximum Gasteiger partial charge on any atom is 0.160 e. The van der Waals surface area contributed by atoms with E-state index in [9.17, 15) is 9.50 Å². The van der Waals surface area contributed by atoms with Crippen molar-refractivity contribution in [3.05, 3.63) is 53.8 Å². The van der Waals surface area contributed by atoms with Crippen LogP contribution in [0.5, 0.6) is 11.5 Å². The first-order valence-corrected chi connectivity index (χ1v) is 5.99. The van der Waals surface area contributed by atoms with E-state index in [-0.39, 0.29) is 17.6 Å². The number of phenolic OH excluding ortho intramolecular Hbond substituents is 1. The molecule has 2 aromatic rings. The topological polar surface area (TPSA) is 41.5 Å². The summed E-state index contributed by atoms with van der Waals surface area (Å²) in [6, 6.07) is 11.4. The number of halogens is 1. The Morgan fingerprint density at radius 2 is 1.84 bits per heavy atom. The molecular formula is C15H16FNO2. The zero-order chi connectivity index (χ0) is 13.8. The minimum atomic E-state index is -0.260. The average Bonchev–Trinajstić information content (AvgIpc) is 2.42. The molecule has 0 aliphatic carbocycles. The lowest BCUT2D eigenvalue weighted by atomic mass is 10.1. The van der Waals surface area contributed by atoms with Gasteiger partial charge in [0.15, 0.2) is 11.5 Å². The highest BCUT2D eigenvalue weighted by atomic mass is 19.1.